The highest BCUT2D eigenvalue weighted by atomic mass is 31.0. The third kappa shape index (κ3) is 1.49. The normalized spacial score (nSPS) is 10.1. The largest absolute Gasteiger partial charge is 0.298 e. The smallest absolute Gasteiger partial charge is 0.152 e. The summed E-state index contributed by atoms with van der Waals surface area (Å²) in [6.07, 6.45) is 0.733. The summed E-state index contributed by atoms with van der Waals surface area (Å²) in [6.45, 7) is 0. The third-order valence-corrected chi connectivity index (χ3v) is 2.69. The van der Waals surface area contributed by atoms with E-state index in [9.17, 15) is 4.79 Å². The number of aldehydes is 1. The summed E-state index contributed by atoms with van der Waals surface area (Å²) in [4.78, 5) is 10.8. The van der Waals surface area contributed by atoms with Gasteiger partial charge in [0.25, 0.3) is 0 Å². The number of nitrogens with zero attached hydrogens (tertiary/aromatic N) is 2. The Morgan fingerprint density at radius 3 is 2.80 bits per heavy atom. The average molecular weight is 217 g/mol. The molecule has 1 aromatic carbocycles. The van der Waals surface area contributed by atoms with E-state index in [-0.39, 0.29) is 0 Å². The molecule has 1 aromatic heterocycles. The van der Waals surface area contributed by atoms with E-state index in [1.54, 1.807) is 6.07 Å². The molecule has 0 bridgehead atoms. The number of para-hydroxylation sites is 1. The highest BCUT2D eigenvalue weighted by molar-refractivity contribution is 7.07. The van der Waals surface area contributed by atoms with Crippen LogP contribution in [0, 0.1) is 10.6 Å². The van der Waals surface area contributed by atoms with E-state index in [2.05, 4.69) is 14.1 Å². The van der Waals surface area contributed by atoms with Crippen molar-refractivity contribution in [3.8, 4) is 0 Å². The van der Waals surface area contributed by atoms with Gasteiger partial charge in [-0.1, -0.05) is 32.3 Å². The molecule has 2 aromatic rings. The Morgan fingerprint density at radius 1 is 1.40 bits per heavy atom. The number of hydrogen-bond donors (Lipinski definition) is 1. The molecule has 0 saturated carbocycles. The van der Waals surface area contributed by atoms with E-state index in [1.165, 1.54) is 4.68 Å². The predicted octanol–water partition coefficient (Wildman–Crippen LogP) is 2.92. The number of rotatable bonds is 2. The molecule has 0 unspecified atom stereocenters. The van der Waals surface area contributed by atoms with Crippen LogP contribution in [-0.4, -0.2) is 11.0 Å². The second kappa shape index (κ2) is 3.75. The molecule has 0 spiro atoms. The lowest BCUT2D eigenvalue weighted by Gasteiger charge is -2.05. The molecule has 0 aliphatic carbocycles. The minimum Gasteiger partial charge on any atom is -0.298 e. The van der Waals surface area contributed by atoms with Crippen LogP contribution >= 0.6 is 8.86 Å². The first-order valence-electron chi connectivity index (χ1n) is 4.30. The summed E-state index contributed by atoms with van der Waals surface area (Å²) in [5.74, 6) is 0. The maximum Gasteiger partial charge on any atom is 0.152 e. The number of hydrogen-bond acceptors (Lipinski definition) is 3. The first kappa shape index (κ1) is 9.74. The average Bonchev–Trinajstić information content (AvgIpc) is 2.28. The van der Waals surface area contributed by atoms with Crippen molar-refractivity contribution >= 4 is 26.1 Å². The molecule has 74 valence electrons. The minimum atomic E-state index is 0.473. The summed E-state index contributed by atoms with van der Waals surface area (Å²) < 4.78 is 1.37. The lowest BCUT2D eigenvalue weighted by atomic mass is 10.2. The second-order valence-electron chi connectivity index (χ2n) is 3.04. The van der Waals surface area contributed by atoms with Crippen molar-refractivity contribution in [2.75, 3.05) is 0 Å². The topological polar surface area (TPSA) is 58.2 Å². The van der Waals surface area contributed by atoms with E-state index < -0.39 is 0 Å². The molecule has 0 atom stereocenters. The first-order chi connectivity index (χ1) is 7.27. The zero-order valence-electron chi connectivity index (χ0n) is 7.77. The Morgan fingerprint density at radius 2 is 2.13 bits per heavy atom. The maximum atomic E-state index is 10.8. The van der Waals surface area contributed by atoms with Gasteiger partial charge in [-0.15, -0.1) is 0 Å². The molecule has 15 heavy (non-hydrogen) atoms. The van der Waals surface area contributed by atoms with Crippen LogP contribution in [0.15, 0.2) is 35.6 Å². The van der Waals surface area contributed by atoms with Gasteiger partial charge in [0.1, 0.15) is 0 Å². The van der Waals surface area contributed by atoms with Crippen molar-refractivity contribution < 1.29 is 4.79 Å². The number of carbonyl (C=O) groups is 1. The predicted molar refractivity (Wildman–Crippen MR) is 59.4 cm³/mol. The molecule has 0 radical (unpaired) electrons. The quantitative estimate of drug-likeness (QED) is 0.469. The Balaban J connectivity index is 3.02. The monoisotopic (exact) mass is 217 g/mol. The Labute approximate surface area is 87.9 Å². The van der Waals surface area contributed by atoms with E-state index in [0.29, 0.717) is 10.6 Å². The van der Waals surface area contributed by atoms with Crippen LogP contribution in [0.25, 0.3) is 10.9 Å². The molecule has 1 heterocycles. The fraction of sp³-hybridized carbons (Fsp3) is 0. The van der Waals surface area contributed by atoms with Gasteiger partial charge in [0.2, 0.25) is 0 Å². The first-order valence-corrected chi connectivity index (χ1v) is 4.80. The zero-order chi connectivity index (χ0) is 10.8. The highest BCUT2D eigenvalue weighted by Crippen LogP contribution is 2.17. The van der Waals surface area contributed by atoms with Crippen molar-refractivity contribution in [3.63, 3.8) is 0 Å². The second-order valence-corrected chi connectivity index (χ2v) is 3.51. The van der Waals surface area contributed by atoms with E-state index >= 15 is 0 Å². The van der Waals surface area contributed by atoms with Gasteiger partial charge in [-0.25, -0.2) is 4.68 Å². The van der Waals surface area contributed by atoms with Crippen molar-refractivity contribution in [1.82, 2.24) is 4.68 Å². The molecule has 5 heteroatoms. The SMILES string of the molecule is N=Nn1c(=P)c(C=O)cc2ccccc21. The van der Waals surface area contributed by atoms with Crippen LogP contribution < -0.4 is 0 Å². The molecular weight excluding hydrogens is 209 g/mol. The molecule has 4 nitrogen and oxygen atoms in total. The molecule has 0 fully saturated rings. The van der Waals surface area contributed by atoms with Gasteiger partial charge in [0, 0.05) is 10.9 Å². The molecular formula is C10H8N3OP. The number of aromatic nitrogens is 1. The molecule has 2 rings (SSSR count). The zero-order valence-corrected chi connectivity index (χ0v) is 8.77. The van der Waals surface area contributed by atoms with Gasteiger partial charge in [0.05, 0.1) is 10.6 Å². The van der Waals surface area contributed by atoms with Crippen molar-refractivity contribution in [2.24, 2.45) is 5.22 Å². The summed E-state index contributed by atoms with van der Waals surface area (Å²) in [7, 11) is 3.30. The lowest BCUT2D eigenvalue weighted by Crippen LogP contribution is -1.97. The van der Waals surface area contributed by atoms with Gasteiger partial charge in [0.15, 0.2) is 6.29 Å². The van der Waals surface area contributed by atoms with Crippen LogP contribution in [0.3, 0.4) is 0 Å². The number of nitrogens with one attached hydrogen (secondary N) is 1. The minimum absolute atomic E-state index is 0.473. The van der Waals surface area contributed by atoms with Crippen molar-refractivity contribution in [2.45, 2.75) is 0 Å². The highest BCUT2D eigenvalue weighted by Gasteiger charge is 2.03. The van der Waals surface area contributed by atoms with Crippen molar-refractivity contribution in [3.05, 3.63) is 41.0 Å². The van der Waals surface area contributed by atoms with Crippen LogP contribution in [0.5, 0.6) is 0 Å². The molecule has 1 N–H and O–H groups in total. The van der Waals surface area contributed by atoms with Gasteiger partial charge in [-0.3, -0.25) is 4.79 Å². The molecule has 0 aliphatic heterocycles. The maximum absolute atomic E-state index is 10.8. The number of fused-ring (bicyclic) bond motifs is 1. The Kier molecular flexibility index (Phi) is 2.44. The van der Waals surface area contributed by atoms with Crippen molar-refractivity contribution in [1.29, 1.82) is 5.53 Å². The number of benzene rings is 1. The van der Waals surface area contributed by atoms with Gasteiger partial charge in [-0.2, -0.15) is 5.53 Å². The molecule has 0 amide bonds. The standard InChI is InChI=1S/C10H8N3OP/c11-12-13-9-4-2-1-3-7(9)5-8(6-14)10(13)15/h1-6,11,15H. The fourth-order valence-electron chi connectivity index (χ4n) is 1.47. The molecule has 0 saturated heterocycles. The summed E-state index contributed by atoms with van der Waals surface area (Å²) in [6, 6.07) is 9.20. The third-order valence-electron chi connectivity index (χ3n) is 2.19. The van der Waals surface area contributed by atoms with E-state index in [1.807, 2.05) is 24.3 Å². The summed E-state index contributed by atoms with van der Waals surface area (Å²) >= 11 is 0. The van der Waals surface area contributed by atoms with Crippen LogP contribution in [0.4, 0.5) is 0 Å². The number of carbonyl (C=O) groups excluding carboxylic acids is 1. The van der Waals surface area contributed by atoms with Gasteiger partial charge in [-0.05, 0) is 12.1 Å². The van der Waals surface area contributed by atoms with Gasteiger partial charge < -0.3 is 0 Å². The van der Waals surface area contributed by atoms with E-state index in [0.717, 1.165) is 17.2 Å². The Bertz CT molecular complexity index is 603. The lowest BCUT2D eigenvalue weighted by molar-refractivity contribution is 0.112. The molecule has 0 aliphatic rings. The van der Waals surface area contributed by atoms with Gasteiger partial charge >= 0.3 is 0 Å². The van der Waals surface area contributed by atoms with E-state index in [4.69, 9.17) is 5.53 Å². The fourth-order valence-corrected chi connectivity index (χ4v) is 1.78. The number of pyridine rings is 1. The van der Waals surface area contributed by atoms with Crippen LogP contribution in [-0.2, 0) is 0 Å². The summed E-state index contributed by atoms with van der Waals surface area (Å²) in [5.41, 5.74) is 8.33. The van der Waals surface area contributed by atoms with Crippen LogP contribution in [0.2, 0.25) is 0 Å². The Hall–Kier alpha value is -1.80. The summed E-state index contributed by atoms with van der Waals surface area (Å²) in [5, 5.41) is 4.72. The van der Waals surface area contributed by atoms with Crippen LogP contribution in [0.1, 0.15) is 10.4 Å².